The second-order valence-corrected chi connectivity index (χ2v) is 8.80. The molecule has 6 heteroatoms. The fraction of sp³-hybridized carbons (Fsp3) is 0.667. The van der Waals surface area contributed by atoms with Crippen molar-refractivity contribution in [1.29, 1.82) is 0 Å². The molecule has 3 atom stereocenters. The summed E-state index contributed by atoms with van der Waals surface area (Å²) in [5, 5.41) is 0. The fourth-order valence-corrected chi connectivity index (χ4v) is 5.47. The Labute approximate surface area is 143 Å². The van der Waals surface area contributed by atoms with Gasteiger partial charge < -0.3 is 9.47 Å². The summed E-state index contributed by atoms with van der Waals surface area (Å²) in [6.45, 7) is 1.25. The van der Waals surface area contributed by atoms with Gasteiger partial charge in [0.2, 0.25) is 10.0 Å². The molecule has 1 saturated carbocycles. The predicted octanol–water partition coefficient (Wildman–Crippen LogP) is 2.18. The minimum atomic E-state index is -3.48. The summed E-state index contributed by atoms with van der Waals surface area (Å²) in [7, 11) is -3.48. The lowest BCUT2D eigenvalue weighted by Crippen LogP contribution is -2.49. The molecule has 0 bridgehead atoms. The highest BCUT2D eigenvalue weighted by atomic mass is 32.2. The molecule has 1 saturated heterocycles. The van der Waals surface area contributed by atoms with Crippen molar-refractivity contribution in [2.45, 2.75) is 68.1 Å². The summed E-state index contributed by atoms with van der Waals surface area (Å²) in [5.74, 6) is 0. The quantitative estimate of drug-likeness (QED) is 0.907. The second kappa shape index (κ2) is 6.75. The van der Waals surface area contributed by atoms with E-state index in [-0.39, 0.29) is 18.2 Å². The minimum absolute atomic E-state index is 0.0173. The van der Waals surface area contributed by atoms with Crippen LogP contribution >= 0.6 is 0 Å². The molecule has 3 aliphatic rings. The molecule has 1 aromatic carbocycles. The Bertz CT molecular complexity index is 703. The molecule has 24 heavy (non-hydrogen) atoms. The zero-order valence-corrected chi connectivity index (χ0v) is 14.7. The lowest BCUT2D eigenvalue weighted by molar-refractivity contribution is -0.156. The predicted molar refractivity (Wildman–Crippen MR) is 90.5 cm³/mol. The maximum absolute atomic E-state index is 12.8. The van der Waals surface area contributed by atoms with Crippen molar-refractivity contribution in [3.63, 3.8) is 0 Å². The molecule has 0 radical (unpaired) electrons. The second-order valence-electron chi connectivity index (χ2n) is 7.09. The molecule has 0 amide bonds. The van der Waals surface area contributed by atoms with E-state index in [4.69, 9.17) is 9.47 Å². The lowest BCUT2D eigenvalue weighted by Gasteiger charge is -2.38. The van der Waals surface area contributed by atoms with Crippen LogP contribution in [-0.2, 0) is 32.3 Å². The summed E-state index contributed by atoms with van der Waals surface area (Å²) in [6, 6.07) is 5.52. The molecule has 1 N–H and O–H groups in total. The highest BCUT2D eigenvalue weighted by Crippen LogP contribution is 2.29. The van der Waals surface area contributed by atoms with Crippen molar-refractivity contribution in [3.8, 4) is 0 Å². The number of sulfonamides is 1. The van der Waals surface area contributed by atoms with Gasteiger partial charge in [-0.15, -0.1) is 0 Å². The third kappa shape index (κ3) is 3.38. The van der Waals surface area contributed by atoms with Gasteiger partial charge in [0, 0.05) is 6.04 Å². The zero-order valence-electron chi connectivity index (χ0n) is 13.9. The zero-order chi connectivity index (χ0) is 16.6. The monoisotopic (exact) mass is 351 g/mol. The van der Waals surface area contributed by atoms with Crippen LogP contribution in [0.2, 0.25) is 0 Å². The van der Waals surface area contributed by atoms with Gasteiger partial charge in [0.05, 0.1) is 30.3 Å². The summed E-state index contributed by atoms with van der Waals surface area (Å²) < 4.78 is 39.9. The van der Waals surface area contributed by atoms with Gasteiger partial charge in [0.15, 0.2) is 0 Å². The molecule has 1 heterocycles. The molecule has 1 aromatic rings. The number of fused-ring (bicyclic) bond motifs is 2. The number of hydrogen-bond acceptors (Lipinski definition) is 4. The van der Waals surface area contributed by atoms with Gasteiger partial charge in [-0.05, 0) is 68.2 Å². The lowest BCUT2D eigenvalue weighted by atomic mass is 9.90. The molecular weight excluding hydrogens is 326 g/mol. The third-order valence-electron chi connectivity index (χ3n) is 5.43. The average molecular weight is 351 g/mol. The summed E-state index contributed by atoms with van der Waals surface area (Å²) in [6.07, 6.45) is 6.87. The van der Waals surface area contributed by atoms with Gasteiger partial charge in [-0.2, -0.15) is 0 Å². The Morgan fingerprint density at radius 1 is 0.958 bits per heavy atom. The average Bonchev–Trinajstić information content (AvgIpc) is 2.61. The van der Waals surface area contributed by atoms with Gasteiger partial charge in [-0.1, -0.05) is 6.07 Å². The van der Waals surface area contributed by atoms with Crippen molar-refractivity contribution in [3.05, 3.63) is 29.3 Å². The molecule has 0 aromatic heterocycles. The van der Waals surface area contributed by atoms with E-state index in [1.54, 1.807) is 6.07 Å². The van der Waals surface area contributed by atoms with Crippen molar-refractivity contribution >= 4 is 10.0 Å². The highest BCUT2D eigenvalue weighted by Gasteiger charge is 2.35. The Balaban J connectivity index is 1.47. The van der Waals surface area contributed by atoms with Crippen LogP contribution < -0.4 is 4.72 Å². The topological polar surface area (TPSA) is 64.6 Å². The number of nitrogens with one attached hydrogen (secondary N) is 1. The van der Waals surface area contributed by atoms with Crippen LogP contribution in [0.25, 0.3) is 0 Å². The normalized spacial score (nSPS) is 30.4. The molecule has 4 rings (SSSR count). The van der Waals surface area contributed by atoms with E-state index in [0.717, 1.165) is 32.1 Å². The van der Waals surface area contributed by atoms with Gasteiger partial charge in [0.25, 0.3) is 0 Å². The van der Waals surface area contributed by atoms with Crippen molar-refractivity contribution in [2.75, 3.05) is 13.2 Å². The number of ether oxygens (including phenoxy) is 2. The van der Waals surface area contributed by atoms with E-state index in [0.29, 0.717) is 24.5 Å². The molecule has 3 unspecified atom stereocenters. The van der Waals surface area contributed by atoms with E-state index in [9.17, 15) is 8.42 Å². The Morgan fingerprint density at radius 3 is 2.54 bits per heavy atom. The molecule has 0 spiro atoms. The summed E-state index contributed by atoms with van der Waals surface area (Å²) in [4.78, 5) is 0.395. The Kier molecular flexibility index (Phi) is 4.64. The Hall–Kier alpha value is -0.950. The number of aryl methyl sites for hydroxylation is 2. The molecule has 132 valence electrons. The summed E-state index contributed by atoms with van der Waals surface area (Å²) in [5.41, 5.74) is 2.49. The minimum Gasteiger partial charge on any atom is -0.373 e. The van der Waals surface area contributed by atoms with E-state index < -0.39 is 10.0 Å². The first-order valence-electron chi connectivity index (χ1n) is 8.99. The van der Waals surface area contributed by atoms with Crippen molar-refractivity contribution in [1.82, 2.24) is 4.72 Å². The number of benzene rings is 1. The SMILES string of the molecule is O=S(=O)(NC1CCC2OCCOC2C1)c1ccc2c(c1)CCCC2. The molecule has 1 aliphatic heterocycles. The van der Waals surface area contributed by atoms with Crippen LogP contribution in [0.3, 0.4) is 0 Å². The molecular formula is C18H25NO4S. The first-order valence-corrected chi connectivity index (χ1v) is 10.5. The van der Waals surface area contributed by atoms with E-state index in [1.165, 1.54) is 17.5 Å². The largest absolute Gasteiger partial charge is 0.373 e. The van der Waals surface area contributed by atoms with Crippen molar-refractivity contribution < 1.29 is 17.9 Å². The fourth-order valence-electron chi connectivity index (χ4n) is 4.14. The van der Waals surface area contributed by atoms with Crippen LogP contribution in [0.4, 0.5) is 0 Å². The smallest absolute Gasteiger partial charge is 0.240 e. The third-order valence-corrected chi connectivity index (χ3v) is 6.95. The van der Waals surface area contributed by atoms with Crippen LogP contribution in [0.1, 0.15) is 43.2 Å². The number of hydrogen-bond donors (Lipinski definition) is 1. The van der Waals surface area contributed by atoms with Crippen LogP contribution in [0, 0.1) is 0 Å². The molecule has 2 aliphatic carbocycles. The first kappa shape index (κ1) is 16.5. The van der Waals surface area contributed by atoms with Gasteiger partial charge in [-0.3, -0.25) is 0 Å². The maximum atomic E-state index is 12.8. The maximum Gasteiger partial charge on any atom is 0.240 e. The van der Waals surface area contributed by atoms with Crippen LogP contribution in [0.15, 0.2) is 23.1 Å². The molecule has 2 fully saturated rings. The summed E-state index contributed by atoms with van der Waals surface area (Å²) >= 11 is 0. The van der Waals surface area contributed by atoms with Crippen LogP contribution in [0.5, 0.6) is 0 Å². The van der Waals surface area contributed by atoms with E-state index >= 15 is 0 Å². The van der Waals surface area contributed by atoms with E-state index in [2.05, 4.69) is 4.72 Å². The van der Waals surface area contributed by atoms with Crippen molar-refractivity contribution in [2.24, 2.45) is 0 Å². The Morgan fingerprint density at radius 2 is 1.71 bits per heavy atom. The van der Waals surface area contributed by atoms with Gasteiger partial charge in [-0.25, -0.2) is 13.1 Å². The first-order chi connectivity index (χ1) is 11.6. The van der Waals surface area contributed by atoms with Crippen LogP contribution in [-0.4, -0.2) is 39.9 Å². The van der Waals surface area contributed by atoms with E-state index in [1.807, 2.05) is 12.1 Å². The molecule has 5 nitrogen and oxygen atoms in total. The number of rotatable bonds is 3. The van der Waals surface area contributed by atoms with Gasteiger partial charge >= 0.3 is 0 Å². The van der Waals surface area contributed by atoms with Gasteiger partial charge in [0.1, 0.15) is 0 Å². The highest BCUT2D eigenvalue weighted by molar-refractivity contribution is 7.89. The standard InChI is InChI=1S/C18H25NO4S/c20-24(21,16-7-5-13-3-1-2-4-14(13)11-16)19-15-6-8-17-18(12-15)23-10-9-22-17/h5,7,11,15,17-19H,1-4,6,8-10,12H2.